The van der Waals surface area contributed by atoms with Crippen LogP contribution in [-0.4, -0.2) is 263 Å². The molecule has 6 fully saturated rings. The third-order valence-electron chi connectivity index (χ3n) is 22.6. The summed E-state index contributed by atoms with van der Waals surface area (Å²) in [6, 6.07) is -0.658. The van der Waals surface area contributed by atoms with Crippen LogP contribution in [-0.2, 0) is 66.7 Å². The van der Waals surface area contributed by atoms with Crippen LogP contribution in [0.25, 0.3) is 0 Å². The van der Waals surface area contributed by atoms with Crippen LogP contribution in [0.1, 0.15) is 181 Å². The summed E-state index contributed by atoms with van der Waals surface area (Å²) in [5, 5.41) is 85.9. The van der Waals surface area contributed by atoms with E-state index in [1.807, 2.05) is 65.4 Å². The average molecular weight is 1430 g/mol. The molecule has 26 heteroatoms. The highest BCUT2D eigenvalue weighted by molar-refractivity contribution is 6.01. The third-order valence-corrected chi connectivity index (χ3v) is 22.6. The molecular weight excluding hydrogens is 1300 g/mol. The number of esters is 2. The molecule has 28 atom stereocenters. The van der Waals surface area contributed by atoms with E-state index >= 15 is 0 Å². The Morgan fingerprint density at radius 2 is 0.941 bits per heavy atom. The largest absolute Gasteiger partial charge is 0.459 e. The molecule has 6 rings (SSSR count). The monoisotopic (exact) mass is 1430 g/mol. The van der Waals surface area contributed by atoms with Crippen molar-refractivity contribution in [2.24, 2.45) is 57.7 Å². The van der Waals surface area contributed by atoms with Gasteiger partial charge in [0.25, 0.3) is 0 Å². The Morgan fingerprint density at radius 1 is 0.574 bits per heavy atom. The van der Waals surface area contributed by atoms with E-state index < -0.39 is 155 Å². The van der Waals surface area contributed by atoms with Crippen molar-refractivity contribution < 1.29 is 97.4 Å². The number of hydrogen-bond donors (Lipinski definition) is 8. The molecule has 0 aromatic carbocycles. The Bertz CT molecular complexity index is 2790. The molecule has 101 heavy (non-hydrogen) atoms. The summed E-state index contributed by atoms with van der Waals surface area (Å²) in [7, 11) is 6.83. The van der Waals surface area contributed by atoms with Crippen LogP contribution in [0.2, 0.25) is 0 Å². The van der Waals surface area contributed by atoms with Crippen LogP contribution in [0.3, 0.4) is 0 Å². The average Bonchev–Trinajstić information content (AvgIpc) is 0.984. The van der Waals surface area contributed by atoms with Gasteiger partial charge in [-0.25, -0.2) is 0 Å². The Hall–Kier alpha value is -4.30. The highest BCUT2D eigenvalue weighted by Crippen LogP contribution is 2.42. The summed E-state index contributed by atoms with van der Waals surface area (Å²) < 4.78 is 49.8. The Morgan fingerprint density at radius 3 is 1.26 bits per heavy atom. The molecule has 578 valence electrons. The molecule has 0 spiro atoms. The second-order valence-corrected chi connectivity index (χ2v) is 30.7. The SMILES string of the molecule is C#CCCN(C)[C@H]1C[C@@H](C)O[C@@H](O[C@@H]2[C@@H](C)C(=O)[C@@H](C)C(=O)O[C@H](CC)[C@@](C)(O)[C@H](O)[C@@H](C)/C(=N/O[C@@H]3CCCNC3)[C@H](C)C[C@@]2(C)OC)[C@@H]1O.C#CCCN(C)[C@H]1C[C@@H](C)O[C@@H](O[C@@H]2[C@@H](C)C(=O)[C@@H](C)C(=O)O[C@H](CC)[C@@](C)(O)[C@H](O)[C@@H](C)/C(=N/O[C@@H]3CCNC3)[C@H](C)C[C@@]2(C)OC)[C@@H]1O. The van der Waals surface area contributed by atoms with Crippen molar-refractivity contribution in [2.45, 2.75) is 302 Å². The topological polar surface area (TPSA) is 337 Å². The molecule has 6 heterocycles. The maximum atomic E-state index is 14.2. The molecule has 0 aliphatic carbocycles. The van der Waals surface area contributed by atoms with Crippen molar-refractivity contribution in [3.05, 3.63) is 0 Å². The van der Waals surface area contributed by atoms with Crippen molar-refractivity contribution >= 4 is 34.9 Å². The molecule has 0 aromatic heterocycles. The van der Waals surface area contributed by atoms with Gasteiger partial charge in [0.15, 0.2) is 24.1 Å². The molecule has 8 N–H and O–H groups in total. The van der Waals surface area contributed by atoms with Crippen LogP contribution < -0.4 is 10.6 Å². The Balaban J connectivity index is 0.000000364. The van der Waals surface area contributed by atoms with Gasteiger partial charge < -0.3 is 88.8 Å². The molecule has 6 aliphatic rings. The number of methoxy groups -OCH3 is 2. The first-order valence-electron chi connectivity index (χ1n) is 36.9. The van der Waals surface area contributed by atoms with E-state index in [9.17, 15) is 49.8 Å². The highest BCUT2D eigenvalue weighted by atomic mass is 16.7. The van der Waals surface area contributed by atoms with Crippen molar-refractivity contribution in [1.29, 1.82) is 0 Å². The minimum absolute atomic E-state index is 0.167. The fourth-order valence-corrected chi connectivity index (χ4v) is 15.8. The number of aliphatic hydroxyl groups is 6. The lowest BCUT2D eigenvalue weighted by Crippen LogP contribution is -2.60. The lowest BCUT2D eigenvalue weighted by atomic mass is 9.74. The van der Waals surface area contributed by atoms with Gasteiger partial charge in [0.1, 0.15) is 59.7 Å². The van der Waals surface area contributed by atoms with Crippen LogP contribution in [0.15, 0.2) is 10.3 Å². The van der Waals surface area contributed by atoms with Crippen LogP contribution >= 0.6 is 0 Å². The number of likely N-dealkylation sites (N-methyl/N-ethyl adjacent to an activating group) is 2. The molecule has 0 bridgehead atoms. The van der Waals surface area contributed by atoms with Crippen LogP contribution in [0.4, 0.5) is 0 Å². The first-order valence-corrected chi connectivity index (χ1v) is 36.9. The number of aliphatic hydroxyl groups excluding tert-OH is 4. The van der Waals surface area contributed by atoms with E-state index in [2.05, 4.69) is 32.8 Å². The van der Waals surface area contributed by atoms with E-state index in [0.29, 0.717) is 63.3 Å². The predicted molar refractivity (Wildman–Crippen MR) is 381 cm³/mol. The molecule has 6 saturated heterocycles. The standard InChI is InChI=1S/C38H65N3O10.C37H63N3O10/c1-12-14-18-41(10)28-19-23(4)48-36(32(28)43)50-34-25(6)31(42)26(7)35(45)49-29(13-2)38(9,46)33(44)24(5)30(22(3)20-37(34,8)47-11)40-51-27-16-15-17-39-21-27;1-12-14-17-40(10)27-18-22(4)47-35(31(27)42)49-33-24(6)30(41)25(7)34(44)48-28(13-2)37(9,45)32(43)23(5)29(21(3)19-36(33,8)46-11)39-50-26-15-16-38-20-26/h1,22-29,32-34,36,39,43-44,46H,13-21H2,2-11H3;1,21-28,31-33,35,38,42-43,45H,13-20H2,2-11H3/b40-30+;39-29+/t22-,23-,24+,25+,26-,27-,28+,29-,32-,33-,34-,36+,37-,38-;21-,22-,23+,24+,25-,26-,27+,28-,31-,32-,33-,35+,36-,37-/m11/s1. The predicted octanol–water partition coefficient (Wildman–Crippen LogP) is 4.95. The number of nitrogens with zero attached hydrogens (tertiary/aromatic N) is 4. The quantitative estimate of drug-likeness (QED) is 0.0389. The first-order chi connectivity index (χ1) is 47.4. The number of terminal acetylenes is 2. The molecule has 0 aromatic rings. The summed E-state index contributed by atoms with van der Waals surface area (Å²) in [6.45, 7) is 31.5. The van der Waals surface area contributed by atoms with Crippen molar-refractivity contribution in [3.8, 4) is 24.7 Å². The normalized spacial score (nSPS) is 43.1. The lowest BCUT2D eigenvalue weighted by Gasteiger charge is -2.47. The van der Waals surface area contributed by atoms with Crippen molar-refractivity contribution in [1.82, 2.24) is 20.4 Å². The number of oxime groups is 2. The van der Waals surface area contributed by atoms with E-state index in [4.69, 9.17) is 60.4 Å². The van der Waals surface area contributed by atoms with Gasteiger partial charge in [-0.2, -0.15) is 0 Å². The van der Waals surface area contributed by atoms with E-state index in [-0.39, 0.29) is 62.2 Å². The number of hydrogen-bond acceptors (Lipinski definition) is 26. The van der Waals surface area contributed by atoms with E-state index in [0.717, 1.165) is 32.4 Å². The maximum absolute atomic E-state index is 14.2. The molecule has 0 saturated carbocycles. The maximum Gasteiger partial charge on any atom is 0.316 e. The van der Waals surface area contributed by atoms with Gasteiger partial charge in [-0.3, -0.25) is 29.0 Å². The van der Waals surface area contributed by atoms with Crippen LogP contribution in [0.5, 0.6) is 0 Å². The molecule has 0 radical (unpaired) electrons. The van der Waals surface area contributed by atoms with Gasteiger partial charge >= 0.3 is 11.9 Å². The van der Waals surface area contributed by atoms with Crippen molar-refractivity contribution in [2.75, 3.05) is 67.6 Å². The summed E-state index contributed by atoms with van der Waals surface area (Å²) in [5.74, 6) is -4.01. The summed E-state index contributed by atoms with van der Waals surface area (Å²) in [6.07, 6.45) is 4.00. The fraction of sp³-hybridized carbons (Fsp3) is 0.867. The number of ether oxygens (including phenoxy) is 8. The van der Waals surface area contributed by atoms with Gasteiger partial charge in [-0.1, -0.05) is 65.7 Å². The molecule has 6 aliphatic heterocycles. The fourth-order valence-electron chi connectivity index (χ4n) is 15.8. The van der Waals surface area contributed by atoms with E-state index in [1.54, 1.807) is 41.5 Å². The zero-order valence-electron chi connectivity index (χ0n) is 64.2. The lowest BCUT2D eigenvalue weighted by molar-refractivity contribution is -0.296. The number of piperidine rings is 1. The summed E-state index contributed by atoms with van der Waals surface area (Å²) >= 11 is 0. The van der Waals surface area contributed by atoms with Gasteiger partial charge in [-0.05, 0) is 134 Å². The van der Waals surface area contributed by atoms with Gasteiger partial charge in [-0.15, -0.1) is 24.7 Å². The highest BCUT2D eigenvalue weighted by Gasteiger charge is 2.55. The molecule has 26 nitrogen and oxygen atoms in total. The summed E-state index contributed by atoms with van der Waals surface area (Å²) in [5.41, 5.74) is -5.27. The van der Waals surface area contributed by atoms with Crippen molar-refractivity contribution in [3.63, 3.8) is 0 Å². The first kappa shape index (κ1) is 87.3. The third kappa shape index (κ3) is 21.7. The van der Waals surface area contributed by atoms with Crippen LogP contribution in [0, 0.1) is 72.0 Å². The second kappa shape index (κ2) is 38.8. The molecule has 0 amide bonds. The Kier molecular flexibility index (Phi) is 33.6. The number of ketones is 2. The number of carbonyl (C=O) groups excluding carboxylic acids is 4. The zero-order chi connectivity index (χ0) is 75.8. The number of carbonyl (C=O) groups is 4. The number of rotatable bonds is 18. The zero-order valence-corrected chi connectivity index (χ0v) is 64.2. The number of Topliss-reactive ketones (excluding diaryl/α,β-unsaturated/α-hetero) is 2. The second-order valence-electron chi connectivity index (χ2n) is 30.7. The molecule has 0 unspecified atom stereocenters. The minimum Gasteiger partial charge on any atom is -0.459 e. The minimum atomic E-state index is -1.89. The van der Waals surface area contributed by atoms with Gasteiger partial charge in [0, 0.05) is 107 Å². The summed E-state index contributed by atoms with van der Waals surface area (Å²) in [4.78, 5) is 71.5. The van der Waals surface area contributed by atoms with Gasteiger partial charge in [0.2, 0.25) is 0 Å². The van der Waals surface area contributed by atoms with E-state index in [1.165, 1.54) is 41.9 Å². The Labute approximate surface area is 602 Å². The number of nitrogens with one attached hydrogen (secondary N) is 2. The molecular formula is C75H128N6O20. The number of cyclic esters (lactones) is 2. The smallest absolute Gasteiger partial charge is 0.316 e. The van der Waals surface area contributed by atoms with Gasteiger partial charge in [0.05, 0.1) is 59.2 Å².